The fourth-order valence-electron chi connectivity index (χ4n) is 0.250. The predicted octanol–water partition coefficient (Wildman–Crippen LogP) is 0.134. The largest absolute Gasteiger partial charge is 0.330 e. The first-order valence-corrected chi connectivity index (χ1v) is 2.79. The second kappa shape index (κ2) is 10.8. The van der Waals surface area contributed by atoms with Crippen molar-refractivity contribution in [2.75, 3.05) is 19.6 Å². The topological polar surface area (TPSA) is 78.1 Å². The van der Waals surface area contributed by atoms with Gasteiger partial charge in [0.1, 0.15) is 0 Å². The molecule has 0 unspecified atom stereocenters. The normalized spacial score (nSPS) is 8.73. The van der Waals surface area contributed by atoms with E-state index in [0.717, 1.165) is 0 Å². The van der Waals surface area contributed by atoms with Crippen LogP contribution in [0.3, 0.4) is 0 Å². The molecule has 0 saturated carbocycles. The Balaban J connectivity index is -0.0000000817. The highest BCUT2D eigenvalue weighted by molar-refractivity contribution is 5.86. The summed E-state index contributed by atoms with van der Waals surface area (Å²) in [6.45, 7) is 3.69. The first-order valence-electron chi connectivity index (χ1n) is 2.79. The van der Waals surface area contributed by atoms with Gasteiger partial charge in [-0.1, -0.05) is 6.92 Å². The molecule has 0 aliphatic heterocycles. The maximum atomic E-state index is 5.37. The van der Waals surface area contributed by atoms with E-state index in [4.69, 9.17) is 17.2 Å². The van der Waals surface area contributed by atoms with Crippen LogP contribution in [0.15, 0.2) is 0 Å². The van der Waals surface area contributed by atoms with Crippen molar-refractivity contribution >= 4 is 37.2 Å². The Morgan fingerprint density at radius 3 is 1.00 bits per heavy atom. The summed E-state index contributed by atoms with van der Waals surface area (Å²) in [5.41, 5.74) is 16.1. The summed E-state index contributed by atoms with van der Waals surface area (Å²) in [4.78, 5) is 0. The van der Waals surface area contributed by atoms with Crippen molar-refractivity contribution < 1.29 is 0 Å². The summed E-state index contributed by atoms with van der Waals surface area (Å²) in [5.74, 6) is 0. The van der Waals surface area contributed by atoms with Crippen molar-refractivity contribution in [3.63, 3.8) is 0 Å². The minimum Gasteiger partial charge on any atom is -0.330 e. The van der Waals surface area contributed by atoms with Crippen LogP contribution in [-0.2, 0) is 0 Å². The average molecular weight is 227 g/mol. The standard InChI is InChI=1S/C5H15N3.3ClH/c1-5(2-6,3-7)4-8;;;/h2-4,6-8H2,1H3;3*1H. The third-order valence-corrected chi connectivity index (χ3v) is 1.48. The van der Waals surface area contributed by atoms with Gasteiger partial charge in [-0.25, -0.2) is 0 Å². The van der Waals surface area contributed by atoms with Crippen molar-refractivity contribution in [1.29, 1.82) is 0 Å². The van der Waals surface area contributed by atoms with E-state index in [9.17, 15) is 0 Å². The zero-order valence-corrected chi connectivity index (χ0v) is 9.03. The molecule has 0 radical (unpaired) electrons. The molecular weight excluding hydrogens is 208 g/mol. The monoisotopic (exact) mass is 225 g/mol. The molecule has 11 heavy (non-hydrogen) atoms. The van der Waals surface area contributed by atoms with E-state index in [2.05, 4.69) is 0 Å². The smallest absolute Gasteiger partial charge is 0.00423 e. The Morgan fingerprint density at radius 1 is 0.818 bits per heavy atom. The molecule has 0 atom stereocenters. The lowest BCUT2D eigenvalue weighted by atomic mass is 9.92. The van der Waals surface area contributed by atoms with E-state index in [-0.39, 0.29) is 42.6 Å². The van der Waals surface area contributed by atoms with Gasteiger partial charge in [0.25, 0.3) is 0 Å². The lowest BCUT2D eigenvalue weighted by Crippen LogP contribution is -2.41. The summed E-state index contributed by atoms with van der Waals surface area (Å²) in [7, 11) is 0. The summed E-state index contributed by atoms with van der Waals surface area (Å²) < 4.78 is 0. The van der Waals surface area contributed by atoms with Gasteiger partial charge in [-0.2, -0.15) is 0 Å². The molecule has 0 fully saturated rings. The Kier molecular flexibility index (Phi) is 22.1. The Bertz CT molecular complexity index is 59.7. The summed E-state index contributed by atoms with van der Waals surface area (Å²) in [6.07, 6.45) is 0. The second-order valence-electron chi connectivity index (χ2n) is 2.42. The molecule has 0 heterocycles. The lowest BCUT2D eigenvalue weighted by Gasteiger charge is -2.22. The maximum Gasteiger partial charge on any atom is 0.00423 e. The molecule has 0 saturated heterocycles. The van der Waals surface area contributed by atoms with Crippen LogP contribution >= 0.6 is 37.2 Å². The van der Waals surface area contributed by atoms with E-state index in [0.29, 0.717) is 19.6 Å². The Morgan fingerprint density at radius 2 is 1.00 bits per heavy atom. The molecule has 0 aromatic rings. The molecule has 0 aromatic carbocycles. The molecule has 0 bridgehead atoms. The van der Waals surface area contributed by atoms with Gasteiger partial charge < -0.3 is 17.2 Å². The highest BCUT2D eigenvalue weighted by Gasteiger charge is 2.16. The number of nitrogens with two attached hydrogens (primary N) is 3. The fourth-order valence-corrected chi connectivity index (χ4v) is 0.250. The highest BCUT2D eigenvalue weighted by Crippen LogP contribution is 2.07. The third kappa shape index (κ3) is 8.66. The van der Waals surface area contributed by atoms with Gasteiger partial charge in [0, 0.05) is 25.0 Å². The number of hydrogen-bond acceptors (Lipinski definition) is 3. The van der Waals surface area contributed by atoms with Crippen LogP contribution in [-0.4, -0.2) is 19.6 Å². The number of halogens is 3. The van der Waals surface area contributed by atoms with E-state index in [1.807, 2.05) is 6.92 Å². The van der Waals surface area contributed by atoms with Crippen LogP contribution in [0.4, 0.5) is 0 Å². The summed E-state index contributed by atoms with van der Waals surface area (Å²) in [6, 6.07) is 0. The maximum absolute atomic E-state index is 5.37. The van der Waals surface area contributed by atoms with Crippen molar-refractivity contribution in [2.45, 2.75) is 6.92 Å². The SMILES string of the molecule is CC(CN)(CN)CN.Cl.Cl.Cl. The van der Waals surface area contributed by atoms with Gasteiger partial charge >= 0.3 is 0 Å². The van der Waals surface area contributed by atoms with E-state index >= 15 is 0 Å². The molecule has 6 N–H and O–H groups in total. The molecule has 0 aromatic heterocycles. The molecule has 6 heteroatoms. The Hall–Kier alpha value is 0.750. The first kappa shape index (κ1) is 22.6. The van der Waals surface area contributed by atoms with Gasteiger partial charge in [0.15, 0.2) is 0 Å². The van der Waals surface area contributed by atoms with Crippen molar-refractivity contribution in [1.82, 2.24) is 0 Å². The number of hydrogen-bond donors (Lipinski definition) is 3. The fraction of sp³-hybridized carbons (Fsp3) is 1.00. The van der Waals surface area contributed by atoms with E-state index in [1.165, 1.54) is 0 Å². The van der Waals surface area contributed by atoms with Crippen LogP contribution in [0.25, 0.3) is 0 Å². The van der Waals surface area contributed by atoms with E-state index in [1.54, 1.807) is 0 Å². The van der Waals surface area contributed by atoms with Crippen LogP contribution in [0, 0.1) is 5.41 Å². The minimum absolute atomic E-state index is 0. The molecule has 0 rings (SSSR count). The zero-order chi connectivity index (χ0) is 6.62. The van der Waals surface area contributed by atoms with Crippen molar-refractivity contribution in [3.05, 3.63) is 0 Å². The molecule has 0 aliphatic carbocycles. The second-order valence-corrected chi connectivity index (χ2v) is 2.42. The zero-order valence-electron chi connectivity index (χ0n) is 6.58. The first-order chi connectivity index (χ1) is 3.68. The molecular formula is C5H18Cl3N3. The lowest BCUT2D eigenvalue weighted by molar-refractivity contribution is 0.361. The number of rotatable bonds is 3. The van der Waals surface area contributed by atoms with Crippen molar-refractivity contribution in [3.8, 4) is 0 Å². The highest BCUT2D eigenvalue weighted by atomic mass is 35.5. The van der Waals surface area contributed by atoms with E-state index < -0.39 is 0 Å². The average Bonchev–Trinajstić information content (AvgIpc) is 1.87. The molecule has 0 spiro atoms. The quantitative estimate of drug-likeness (QED) is 0.640. The van der Waals surface area contributed by atoms with Crippen molar-refractivity contribution in [2.24, 2.45) is 22.6 Å². The van der Waals surface area contributed by atoms with Crippen LogP contribution in [0.1, 0.15) is 6.92 Å². The molecule has 0 amide bonds. The summed E-state index contributed by atoms with van der Waals surface area (Å²) in [5, 5.41) is 0. The van der Waals surface area contributed by atoms with Gasteiger partial charge in [-0.3, -0.25) is 0 Å². The van der Waals surface area contributed by atoms with Gasteiger partial charge in [-0.15, -0.1) is 37.2 Å². The van der Waals surface area contributed by atoms with Crippen LogP contribution in [0.2, 0.25) is 0 Å². The Labute approximate surface area is 86.7 Å². The molecule has 0 aliphatic rings. The summed E-state index contributed by atoms with van der Waals surface area (Å²) >= 11 is 0. The molecule has 3 nitrogen and oxygen atoms in total. The molecule has 74 valence electrons. The van der Waals surface area contributed by atoms with Gasteiger partial charge in [-0.05, 0) is 0 Å². The van der Waals surface area contributed by atoms with Gasteiger partial charge in [0.05, 0.1) is 0 Å². The third-order valence-electron chi connectivity index (χ3n) is 1.48. The van der Waals surface area contributed by atoms with Gasteiger partial charge in [0.2, 0.25) is 0 Å². The van der Waals surface area contributed by atoms with Crippen LogP contribution < -0.4 is 17.2 Å². The van der Waals surface area contributed by atoms with Crippen LogP contribution in [0.5, 0.6) is 0 Å². The minimum atomic E-state index is -0.0417. The predicted molar refractivity (Wildman–Crippen MR) is 57.0 cm³/mol.